The first-order valence-electron chi connectivity index (χ1n) is 6.96. The Bertz CT molecular complexity index is 496. The van der Waals surface area contributed by atoms with E-state index >= 15 is 0 Å². The second kappa shape index (κ2) is 9.82. The summed E-state index contributed by atoms with van der Waals surface area (Å²) in [6.45, 7) is 7.94. The molecule has 1 rings (SSSR count). The van der Waals surface area contributed by atoms with Crippen LogP contribution in [0.25, 0.3) is 0 Å². The molecule has 0 spiro atoms. The van der Waals surface area contributed by atoms with Crippen molar-refractivity contribution in [1.29, 1.82) is 0 Å². The van der Waals surface area contributed by atoms with Crippen molar-refractivity contribution in [1.82, 2.24) is 5.32 Å². The molecule has 22 heavy (non-hydrogen) atoms. The summed E-state index contributed by atoms with van der Waals surface area (Å²) in [5.74, 6) is 2.35. The van der Waals surface area contributed by atoms with Crippen molar-refractivity contribution in [3.63, 3.8) is 0 Å². The monoisotopic (exact) mass is 307 g/mol. The Morgan fingerprint density at radius 3 is 2.45 bits per heavy atom. The van der Waals surface area contributed by atoms with Crippen LogP contribution in [0.3, 0.4) is 0 Å². The topological polar surface area (TPSA) is 78.8 Å². The summed E-state index contributed by atoms with van der Waals surface area (Å²) < 4.78 is 5.52. The van der Waals surface area contributed by atoms with Gasteiger partial charge in [-0.05, 0) is 32.9 Å². The highest BCUT2D eigenvalue weighted by molar-refractivity contribution is 5.62. The summed E-state index contributed by atoms with van der Waals surface area (Å²) in [6.07, 6.45) is 4.81. The lowest BCUT2D eigenvalue weighted by Crippen LogP contribution is -2.42. The molecule has 0 fully saturated rings. The number of terminal acetylenes is 1. The lowest BCUT2D eigenvalue weighted by molar-refractivity contribution is -0.134. The molecule has 5 heteroatoms. The van der Waals surface area contributed by atoms with Crippen molar-refractivity contribution in [3.8, 4) is 18.1 Å². The molecule has 0 amide bonds. The average molecular weight is 307 g/mol. The molecule has 0 aliphatic carbocycles. The van der Waals surface area contributed by atoms with E-state index in [1.807, 2.05) is 39.0 Å². The number of carboxylic acid groups (broad SMARTS) is 1. The van der Waals surface area contributed by atoms with Crippen molar-refractivity contribution in [2.45, 2.75) is 39.3 Å². The minimum atomic E-state index is -0.833. The van der Waals surface area contributed by atoms with Gasteiger partial charge in [-0.3, -0.25) is 4.79 Å². The highest BCUT2D eigenvalue weighted by Gasteiger charge is 2.13. The van der Waals surface area contributed by atoms with Gasteiger partial charge in [-0.25, -0.2) is 0 Å². The second-order valence-corrected chi connectivity index (χ2v) is 5.76. The zero-order valence-corrected chi connectivity index (χ0v) is 13.6. The van der Waals surface area contributed by atoms with E-state index in [2.05, 4.69) is 11.2 Å². The van der Waals surface area contributed by atoms with Crippen LogP contribution in [0.1, 0.15) is 33.3 Å². The number of aliphatic hydroxyl groups excluding tert-OH is 1. The van der Waals surface area contributed by atoms with Gasteiger partial charge in [0, 0.05) is 19.0 Å². The van der Waals surface area contributed by atoms with E-state index in [9.17, 15) is 5.11 Å². The van der Waals surface area contributed by atoms with Crippen LogP contribution in [-0.4, -0.2) is 41.0 Å². The maximum Gasteiger partial charge on any atom is 0.300 e. The normalized spacial score (nSPS) is 11.6. The highest BCUT2D eigenvalue weighted by atomic mass is 16.5. The summed E-state index contributed by atoms with van der Waals surface area (Å²) in [5.41, 5.74) is 0.686. The molecule has 0 bridgehead atoms. The van der Waals surface area contributed by atoms with Gasteiger partial charge in [0.05, 0.1) is 5.56 Å². The average Bonchev–Trinajstić information content (AvgIpc) is 2.41. The van der Waals surface area contributed by atoms with E-state index in [1.165, 1.54) is 0 Å². The number of carbonyl (C=O) groups is 1. The molecule has 5 nitrogen and oxygen atoms in total. The third-order valence-electron chi connectivity index (χ3n) is 2.34. The van der Waals surface area contributed by atoms with Gasteiger partial charge >= 0.3 is 0 Å². The third-order valence-corrected chi connectivity index (χ3v) is 2.34. The SMILES string of the molecule is C#Cc1ccccc1OCC(O)CNC(C)(C)C.CC(=O)O. The molecule has 0 aromatic heterocycles. The van der Waals surface area contributed by atoms with Gasteiger partial charge in [-0.1, -0.05) is 18.1 Å². The van der Waals surface area contributed by atoms with Gasteiger partial charge in [0.1, 0.15) is 18.5 Å². The van der Waals surface area contributed by atoms with Crippen LogP contribution < -0.4 is 10.1 Å². The number of rotatable bonds is 5. The smallest absolute Gasteiger partial charge is 0.300 e. The number of aliphatic carboxylic acids is 1. The number of β-amino-alcohol motifs (C(OH)–C–C–N with tert-alkyl or cyclic N) is 1. The second-order valence-electron chi connectivity index (χ2n) is 5.76. The van der Waals surface area contributed by atoms with Gasteiger partial charge < -0.3 is 20.3 Å². The van der Waals surface area contributed by atoms with E-state index in [4.69, 9.17) is 21.1 Å². The number of carboxylic acids is 1. The van der Waals surface area contributed by atoms with Crippen LogP contribution in [0.15, 0.2) is 24.3 Å². The molecule has 122 valence electrons. The Kier molecular flexibility index (Phi) is 8.92. The standard InChI is InChI=1S/C15H21NO2.C2H4O2/c1-5-12-8-6-7-9-14(12)18-11-13(17)10-16-15(2,3)4;1-2(3)4/h1,6-9,13,16-17H,10-11H2,2-4H3;1H3,(H,3,4). The summed E-state index contributed by atoms with van der Waals surface area (Å²) in [5, 5.41) is 20.4. The molecule has 0 saturated heterocycles. The summed E-state index contributed by atoms with van der Waals surface area (Å²) in [4.78, 5) is 9.00. The molecular formula is C17H25NO4. The Labute approximate surface area is 132 Å². The summed E-state index contributed by atoms with van der Waals surface area (Å²) in [6, 6.07) is 7.34. The van der Waals surface area contributed by atoms with Crippen LogP contribution in [0.5, 0.6) is 5.75 Å². The number of benzene rings is 1. The molecule has 0 aliphatic rings. The van der Waals surface area contributed by atoms with Crippen LogP contribution in [0.2, 0.25) is 0 Å². The Hall–Kier alpha value is -2.03. The predicted octanol–water partition coefficient (Wildman–Crippen LogP) is 1.89. The summed E-state index contributed by atoms with van der Waals surface area (Å²) in [7, 11) is 0. The lowest BCUT2D eigenvalue weighted by Gasteiger charge is -2.23. The highest BCUT2D eigenvalue weighted by Crippen LogP contribution is 2.16. The molecule has 0 aliphatic heterocycles. The molecule has 0 saturated carbocycles. The number of ether oxygens (including phenoxy) is 1. The van der Waals surface area contributed by atoms with Crippen LogP contribution in [-0.2, 0) is 4.79 Å². The zero-order valence-electron chi connectivity index (χ0n) is 13.6. The molecule has 3 N–H and O–H groups in total. The minimum absolute atomic E-state index is 0.0162. The fourth-order valence-electron chi connectivity index (χ4n) is 1.38. The van der Waals surface area contributed by atoms with Crippen molar-refractivity contribution in [3.05, 3.63) is 29.8 Å². The first-order valence-corrected chi connectivity index (χ1v) is 6.96. The number of hydrogen-bond acceptors (Lipinski definition) is 4. The molecular weight excluding hydrogens is 282 g/mol. The van der Waals surface area contributed by atoms with E-state index in [-0.39, 0.29) is 12.1 Å². The van der Waals surface area contributed by atoms with Crippen molar-refractivity contribution >= 4 is 5.97 Å². The fraction of sp³-hybridized carbons (Fsp3) is 0.471. The van der Waals surface area contributed by atoms with E-state index in [0.717, 1.165) is 6.92 Å². The fourth-order valence-corrected chi connectivity index (χ4v) is 1.38. The van der Waals surface area contributed by atoms with Gasteiger partial charge in [0.15, 0.2) is 0 Å². The largest absolute Gasteiger partial charge is 0.490 e. The number of aliphatic hydroxyl groups is 1. The zero-order chi connectivity index (χ0) is 17.2. The molecule has 0 heterocycles. The molecule has 0 radical (unpaired) electrons. The van der Waals surface area contributed by atoms with E-state index < -0.39 is 12.1 Å². The van der Waals surface area contributed by atoms with Crippen LogP contribution in [0.4, 0.5) is 0 Å². The van der Waals surface area contributed by atoms with Crippen LogP contribution in [0, 0.1) is 12.3 Å². The van der Waals surface area contributed by atoms with E-state index in [1.54, 1.807) is 6.07 Å². The quantitative estimate of drug-likeness (QED) is 0.724. The number of hydrogen-bond donors (Lipinski definition) is 3. The van der Waals surface area contributed by atoms with Crippen molar-refractivity contribution < 1.29 is 19.7 Å². The third kappa shape index (κ3) is 10.7. The molecule has 1 atom stereocenters. The maximum absolute atomic E-state index is 9.80. The van der Waals surface area contributed by atoms with Gasteiger partial charge in [0.2, 0.25) is 0 Å². The Morgan fingerprint density at radius 2 is 1.95 bits per heavy atom. The van der Waals surface area contributed by atoms with Gasteiger partial charge in [0.25, 0.3) is 5.97 Å². The Morgan fingerprint density at radius 1 is 1.41 bits per heavy atom. The van der Waals surface area contributed by atoms with E-state index in [0.29, 0.717) is 17.9 Å². The first kappa shape index (κ1) is 20.0. The number of nitrogens with one attached hydrogen (secondary N) is 1. The van der Waals surface area contributed by atoms with Crippen LogP contribution >= 0.6 is 0 Å². The molecule has 1 unspecified atom stereocenters. The lowest BCUT2D eigenvalue weighted by atomic mass is 10.1. The van der Waals surface area contributed by atoms with Crippen molar-refractivity contribution in [2.75, 3.05) is 13.2 Å². The van der Waals surface area contributed by atoms with Crippen molar-refractivity contribution in [2.24, 2.45) is 0 Å². The number of para-hydroxylation sites is 1. The molecule has 1 aromatic carbocycles. The summed E-state index contributed by atoms with van der Waals surface area (Å²) >= 11 is 0. The predicted molar refractivity (Wildman–Crippen MR) is 86.9 cm³/mol. The minimum Gasteiger partial charge on any atom is -0.490 e. The maximum atomic E-state index is 9.80. The van der Waals surface area contributed by atoms with Gasteiger partial charge in [-0.2, -0.15) is 0 Å². The van der Waals surface area contributed by atoms with Gasteiger partial charge in [-0.15, -0.1) is 6.42 Å². The first-order chi connectivity index (χ1) is 10.2. The Balaban J connectivity index is 0.000000980. The molecule has 1 aromatic rings.